The van der Waals surface area contributed by atoms with Gasteiger partial charge in [-0.1, -0.05) is 26.0 Å². The molecule has 0 spiro atoms. The van der Waals surface area contributed by atoms with Gasteiger partial charge in [0.25, 0.3) is 0 Å². The van der Waals surface area contributed by atoms with Gasteiger partial charge in [-0.05, 0) is 23.6 Å². The summed E-state index contributed by atoms with van der Waals surface area (Å²) in [6.45, 7) is 3.36. The van der Waals surface area contributed by atoms with E-state index >= 15 is 0 Å². The van der Waals surface area contributed by atoms with Crippen LogP contribution < -0.4 is 0 Å². The van der Waals surface area contributed by atoms with E-state index in [-0.39, 0.29) is 11.5 Å². The summed E-state index contributed by atoms with van der Waals surface area (Å²) in [6, 6.07) is 4.37. The van der Waals surface area contributed by atoms with Gasteiger partial charge in [0.2, 0.25) is 0 Å². The summed E-state index contributed by atoms with van der Waals surface area (Å²) in [5, 5.41) is 19.3. The Morgan fingerprint density at radius 2 is 1.71 bits per heavy atom. The number of halogens is 3. The van der Waals surface area contributed by atoms with Gasteiger partial charge in [-0.2, -0.15) is 13.2 Å². The van der Waals surface area contributed by atoms with Gasteiger partial charge in [-0.25, -0.2) is 0 Å². The first-order chi connectivity index (χ1) is 7.73. The summed E-state index contributed by atoms with van der Waals surface area (Å²) >= 11 is 0. The van der Waals surface area contributed by atoms with E-state index < -0.39 is 23.9 Å². The molecule has 1 rings (SSSR count). The van der Waals surface area contributed by atoms with E-state index in [4.69, 9.17) is 0 Å². The molecule has 0 aliphatic rings. The van der Waals surface area contributed by atoms with Gasteiger partial charge in [0.15, 0.2) is 0 Å². The molecule has 0 aromatic heterocycles. The van der Waals surface area contributed by atoms with E-state index in [1.807, 2.05) is 0 Å². The van der Waals surface area contributed by atoms with Gasteiger partial charge in [-0.3, -0.25) is 0 Å². The van der Waals surface area contributed by atoms with Crippen molar-refractivity contribution in [2.24, 2.45) is 5.92 Å². The topological polar surface area (TPSA) is 40.5 Å². The first-order valence-electron chi connectivity index (χ1n) is 5.26. The molecule has 17 heavy (non-hydrogen) atoms. The fourth-order valence-electron chi connectivity index (χ4n) is 1.46. The third kappa shape index (κ3) is 3.44. The van der Waals surface area contributed by atoms with Crippen molar-refractivity contribution in [2.45, 2.75) is 32.2 Å². The molecule has 2 atom stereocenters. The van der Waals surface area contributed by atoms with Crippen LogP contribution in [0.4, 0.5) is 13.2 Å². The fourth-order valence-corrected chi connectivity index (χ4v) is 1.46. The van der Waals surface area contributed by atoms with E-state index in [1.165, 1.54) is 12.1 Å². The molecule has 0 aliphatic carbocycles. The van der Waals surface area contributed by atoms with Crippen molar-refractivity contribution >= 4 is 0 Å². The van der Waals surface area contributed by atoms with Gasteiger partial charge in [0.1, 0.15) is 6.10 Å². The van der Waals surface area contributed by atoms with Crippen LogP contribution in [0, 0.1) is 5.92 Å². The van der Waals surface area contributed by atoms with Crippen LogP contribution in [0.2, 0.25) is 0 Å². The van der Waals surface area contributed by atoms with Crippen molar-refractivity contribution in [3.05, 3.63) is 35.4 Å². The molecule has 0 bridgehead atoms. The maximum atomic E-state index is 12.4. The molecule has 0 saturated heterocycles. The molecular weight excluding hydrogens is 233 g/mol. The average Bonchev–Trinajstić information content (AvgIpc) is 2.26. The van der Waals surface area contributed by atoms with E-state index in [2.05, 4.69) is 0 Å². The van der Waals surface area contributed by atoms with Crippen molar-refractivity contribution < 1.29 is 23.4 Å². The largest absolute Gasteiger partial charge is 0.416 e. The minimum atomic E-state index is -4.45. The molecule has 0 fully saturated rings. The molecule has 0 radical (unpaired) electrons. The Bertz CT molecular complexity index is 374. The maximum Gasteiger partial charge on any atom is 0.416 e. The van der Waals surface area contributed by atoms with Gasteiger partial charge in [-0.15, -0.1) is 0 Å². The lowest BCUT2D eigenvalue weighted by molar-refractivity contribution is -0.137. The first-order valence-corrected chi connectivity index (χ1v) is 5.26. The number of hydrogen-bond donors (Lipinski definition) is 2. The minimum absolute atomic E-state index is 0.0704. The van der Waals surface area contributed by atoms with E-state index in [1.54, 1.807) is 13.8 Å². The SMILES string of the molecule is CC(C)C(O)C(O)c1cccc(C(F)(F)F)c1. The standard InChI is InChI=1S/C12H15F3O2/c1-7(2)10(16)11(17)8-4-3-5-9(6-8)12(13,14)15/h3-7,10-11,16-17H,1-2H3. The molecule has 2 unspecified atom stereocenters. The predicted octanol–water partition coefficient (Wildman–Crippen LogP) is 2.76. The van der Waals surface area contributed by atoms with Gasteiger partial charge in [0.05, 0.1) is 11.7 Å². The van der Waals surface area contributed by atoms with E-state index in [9.17, 15) is 23.4 Å². The number of rotatable bonds is 3. The van der Waals surface area contributed by atoms with Crippen LogP contribution in [0.25, 0.3) is 0 Å². The lowest BCUT2D eigenvalue weighted by Gasteiger charge is -2.22. The van der Waals surface area contributed by atoms with Gasteiger partial charge in [0, 0.05) is 0 Å². The highest BCUT2D eigenvalue weighted by Gasteiger charge is 2.31. The zero-order valence-electron chi connectivity index (χ0n) is 9.57. The summed E-state index contributed by atoms with van der Waals surface area (Å²) in [6.07, 6.45) is -6.84. The summed E-state index contributed by atoms with van der Waals surface area (Å²) in [4.78, 5) is 0. The second kappa shape index (κ2) is 5.06. The van der Waals surface area contributed by atoms with Crippen molar-refractivity contribution in [3.63, 3.8) is 0 Å². The summed E-state index contributed by atoms with van der Waals surface area (Å²) < 4.78 is 37.3. The zero-order valence-corrected chi connectivity index (χ0v) is 9.57. The highest BCUT2D eigenvalue weighted by Crippen LogP contribution is 2.31. The second-order valence-corrected chi connectivity index (χ2v) is 4.30. The second-order valence-electron chi connectivity index (χ2n) is 4.30. The molecule has 1 aromatic rings. The molecule has 96 valence electrons. The predicted molar refractivity (Wildman–Crippen MR) is 57.2 cm³/mol. The maximum absolute atomic E-state index is 12.4. The van der Waals surface area contributed by atoms with E-state index in [0.717, 1.165) is 12.1 Å². The molecule has 2 N–H and O–H groups in total. The van der Waals surface area contributed by atoms with Crippen LogP contribution >= 0.6 is 0 Å². The fraction of sp³-hybridized carbons (Fsp3) is 0.500. The number of hydrogen-bond acceptors (Lipinski definition) is 2. The first kappa shape index (κ1) is 14.0. The van der Waals surface area contributed by atoms with Crippen LogP contribution in [-0.4, -0.2) is 16.3 Å². The van der Waals surface area contributed by atoms with Crippen LogP contribution in [0.15, 0.2) is 24.3 Å². The Kier molecular flexibility index (Phi) is 4.16. The average molecular weight is 248 g/mol. The number of benzene rings is 1. The highest BCUT2D eigenvalue weighted by atomic mass is 19.4. The summed E-state index contributed by atoms with van der Waals surface area (Å²) in [5.74, 6) is -0.237. The van der Waals surface area contributed by atoms with E-state index in [0.29, 0.717) is 0 Å². The zero-order chi connectivity index (χ0) is 13.2. The lowest BCUT2D eigenvalue weighted by Crippen LogP contribution is -2.24. The molecule has 0 heterocycles. The van der Waals surface area contributed by atoms with Crippen LogP contribution in [0.1, 0.15) is 31.1 Å². The Hall–Kier alpha value is -1.07. The van der Waals surface area contributed by atoms with Crippen LogP contribution in [0.5, 0.6) is 0 Å². The molecule has 1 aromatic carbocycles. The highest BCUT2D eigenvalue weighted by molar-refractivity contribution is 5.27. The Labute approximate surface area is 97.7 Å². The quantitative estimate of drug-likeness (QED) is 0.863. The number of aliphatic hydroxyl groups excluding tert-OH is 2. The Balaban J connectivity index is 3.00. The number of aliphatic hydroxyl groups is 2. The Morgan fingerprint density at radius 1 is 1.12 bits per heavy atom. The lowest BCUT2D eigenvalue weighted by atomic mass is 9.95. The normalized spacial score (nSPS) is 16.0. The van der Waals surface area contributed by atoms with Gasteiger partial charge < -0.3 is 10.2 Å². The minimum Gasteiger partial charge on any atom is -0.390 e. The third-order valence-corrected chi connectivity index (χ3v) is 2.56. The van der Waals surface area contributed by atoms with Crippen molar-refractivity contribution in [2.75, 3.05) is 0 Å². The van der Waals surface area contributed by atoms with Gasteiger partial charge >= 0.3 is 6.18 Å². The van der Waals surface area contributed by atoms with Crippen LogP contribution in [-0.2, 0) is 6.18 Å². The third-order valence-electron chi connectivity index (χ3n) is 2.56. The van der Waals surface area contributed by atoms with Crippen LogP contribution in [0.3, 0.4) is 0 Å². The smallest absolute Gasteiger partial charge is 0.390 e. The number of alkyl halides is 3. The monoisotopic (exact) mass is 248 g/mol. The molecular formula is C12H15F3O2. The molecule has 0 aliphatic heterocycles. The Morgan fingerprint density at radius 3 is 2.18 bits per heavy atom. The van der Waals surface area contributed by atoms with Crippen molar-refractivity contribution in [1.29, 1.82) is 0 Å². The van der Waals surface area contributed by atoms with Crippen molar-refractivity contribution in [1.82, 2.24) is 0 Å². The molecule has 2 nitrogen and oxygen atoms in total. The molecule has 0 saturated carbocycles. The molecule has 5 heteroatoms. The summed E-state index contributed by atoms with van der Waals surface area (Å²) in [7, 11) is 0. The van der Waals surface area contributed by atoms with Crippen molar-refractivity contribution in [3.8, 4) is 0 Å². The summed E-state index contributed by atoms with van der Waals surface area (Å²) in [5.41, 5.74) is -0.758. The molecule has 0 amide bonds.